The molecule has 1 amide bonds. The molecule has 0 fully saturated rings. The zero-order valence-electron chi connectivity index (χ0n) is 13.1. The lowest BCUT2D eigenvalue weighted by Crippen LogP contribution is -2.26. The molecule has 0 unspecified atom stereocenters. The first-order valence-electron chi connectivity index (χ1n) is 7.65. The van der Waals surface area contributed by atoms with E-state index >= 15 is 0 Å². The second kappa shape index (κ2) is 8.44. The van der Waals surface area contributed by atoms with Crippen molar-refractivity contribution < 1.29 is 9.53 Å². The Morgan fingerprint density at radius 2 is 1.96 bits per heavy atom. The number of amides is 1. The molecule has 4 nitrogen and oxygen atoms in total. The van der Waals surface area contributed by atoms with Crippen LogP contribution in [-0.4, -0.2) is 19.1 Å². The fraction of sp³-hybridized carbons (Fsp3) is 0.278. The van der Waals surface area contributed by atoms with Gasteiger partial charge in [-0.05, 0) is 48.7 Å². The summed E-state index contributed by atoms with van der Waals surface area (Å²) in [6, 6.07) is 12.7. The van der Waals surface area contributed by atoms with Gasteiger partial charge in [-0.3, -0.25) is 4.79 Å². The molecule has 3 N–H and O–H groups in total. The predicted molar refractivity (Wildman–Crippen MR) is 94.1 cm³/mol. The van der Waals surface area contributed by atoms with Gasteiger partial charge in [0.25, 0.3) is 5.91 Å². The SMILES string of the molecule is CCCOc1ccc(Cl)cc1C(=O)NCCc1ccc(N)cc1. The average Bonchev–Trinajstić information content (AvgIpc) is 2.55. The summed E-state index contributed by atoms with van der Waals surface area (Å²) >= 11 is 5.99. The topological polar surface area (TPSA) is 64.3 Å². The number of halogens is 1. The van der Waals surface area contributed by atoms with Crippen LogP contribution >= 0.6 is 11.6 Å². The molecule has 0 saturated heterocycles. The molecule has 0 aliphatic heterocycles. The van der Waals surface area contributed by atoms with Crippen LogP contribution in [0.25, 0.3) is 0 Å². The van der Waals surface area contributed by atoms with E-state index in [9.17, 15) is 4.79 Å². The summed E-state index contributed by atoms with van der Waals surface area (Å²) in [7, 11) is 0. The highest BCUT2D eigenvalue weighted by Crippen LogP contribution is 2.23. The Balaban J connectivity index is 1.96. The molecule has 0 radical (unpaired) electrons. The minimum atomic E-state index is -0.186. The maximum atomic E-state index is 12.4. The van der Waals surface area contributed by atoms with Crippen LogP contribution in [0, 0.1) is 0 Å². The van der Waals surface area contributed by atoms with E-state index in [-0.39, 0.29) is 5.91 Å². The number of hydrogen-bond donors (Lipinski definition) is 2. The summed E-state index contributed by atoms with van der Waals surface area (Å²) < 4.78 is 5.61. The Bertz CT molecular complexity index is 657. The van der Waals surface area contributed by atoms with E-state index < -0.39 is 0 Å². The van der Waals surface area contributed by atoms with Crippen molar-refractivity contribution in [1.82, 2.24) is 5.32 Å². The van der Waals surface area contributed by atoms with Gasteiger partial charge in [-0.1, -0.05) is 30.7 Å². The molecule has 0 aromatic heterocycles. The van der Waals surface area contributed by atoms with Crippen LogP contribution in [0.15, 0.2) is 42.5 Å². The molecule has 2 aromatic rings. The number of benzene rings is 2. The van der Waals surface area contributed by atoms with E-state index in [1.165, 1.54) is 0 Å². The number of nitrogen functional groups attached to an aromatic ring is 1. The van der Waals surface area contributed by atoms with Gasteiger partial charge in [0.2, 0.25) is 0 Å². The fourth-order valence-corrected chi connectivity index (χ4v) is 2.29. The second-order valence-electron chi connectivity index (χ2n) is 5.24. The predicted octanol–water partition coefficient (Wildman–Crippen LogP) is 3.68. The van der Waals surface area contributed by atoms with Crippen molar-refractivity contribution >= 4 is 23.2 Å². The highest BCUT2D eigenvalue weighted by molar-refractivity contribution is 6.31. The molecule has 23 heavy (non-hydrogen) atoms. The summed E-state index contributed by atoms with van der Waals surface area (Å²) in [4.78, 5) is 12.4. The van der Waals surface area contributed by atoms with Gasteiger partial charge in [-0.25, -0.2) is 0 Å². The zero-order valence-corrected chi connectivity index (χ0v) is 13.9. The van der Waals surface area contributed by atoms with Gasteiger partial charge in [0.1, 0.15) is 5.75 Å². The number of nitrogens with one attached hydrogen (secondary N) is 1. The van der Waals surface area contributed by atoms with Crippen LogP contribution in [0.5, 0.6) is 5.75 Å². The number of anilines is 1. The van der Waals surface area contributed by atoms with Crippen LogP contribution in [0.4, 0.5) is 5.69 Å². The van der Waals surface area contributed by atoms with E-state index in [0.717, 1.165) is 24.1 Å². The van der Waals surface area contributed by atoms with Gasteiger partial charge in [-0.2, -0.15) is 0 Å². The van der Waals surface area contributed by atoms with Gasteiger partial charge in [0.05, 0.1) is 12.2 Å². The third-order valence-electron chi connectivity index (χ3n) is 3.33. The lowest BCUT2D eigenvalue weighted by atomic mass is 10.1. The minimum Gasteiger partial charge on any atom is -0.493 e. The third kappa shape index (κ3) is 5.18. The monoisotopic (exact) mass is 332 g/mol. The van der Waals surface area contributed by atoms with Crippen molar-refractivity contribution in [2.75, 3.05) is 18.9 Å². The number of nitrogens with two attached hydrogens (primary N) is 1. The molecule has 0 spiro atoms. The van der Waals surface area contributed by atoms with Gasteiger partial charge in [-0.15, -0.1) is 0 Å². The largest absolute Gasteiger partial charge is 0.493 e. The molecule has 2 aromatic carbocycles. The van der Waals surface area contributed by atoms with Crippen molar-refractivity contribution in [3.63, 3.8) is 0 Å². The van der Waals surface area contributed by atoms with E-state index in [1.807, 2.05) is 31.2 Å². The maximum Gasteiger partial charge on any atom is 0.255 e. The minimum absolute atomic E-state index is 0.186. The van der Waals surface area contributed by atoms with Crippen molar-refractivity contribution in [2.24, 2.45) is 0 Å². The molecule has 0 saturated carbocycles. The smallest absolute Gasteiger partial charge is 0.255 e. The molecule has 5 heteroatoms. The van der Waals surface area contributed by atoms with Gasteiger partial charge in [0.15, 0.2) is 0 Å². The Hall–Kier alpha value is -2.20. The highest BCUT2D eigenvalue weighted by Gasteiger charge is 2.13. The van der Waals surface area contributed by atoms with Crippen molar-refractivity contribution in [3.05, 3.63) is 58.6 Å². The normalized spacial score (nSPS) is 10.3. The summed E-state index contributed by atoms with van der Waals surface area (Å²) in [6.07, 6.45) is 1.61. The Labute approximate surface area is 141 Å². The standard InChI is InChI=1S/C18H21ClN2O2/c1-2-11-23-17-8-5-14(19)12-16(17)18(22)21-10-9-13-3-6-15(20)7-4-13/h3-8,12H,2,9-11,20H2,1H3,(H,21,22). The van der Waals surface area contributed by atoms with Gasteiger partial charge in [0, 0.05) is 17.3 Å². The third-order valence-corrected chi connectivity index (χ3v) is 3.56. The lowest BCUT2D eigenvalue weighted by molar-refractivity contribution is 0.0950. The molecule has 0 aliphatic carbocycles. The van der Waals surface area contributed by atoms with Crippen LogP contribution in [0.3, 0.4) is 0 Å². The van der Waals surface area contributed by atoms with Gasteiger partial charge < -0.3 is 15.8 Å². The van der Waals surface area contributed by atoms with Crippen LogP contribution in [-0.2, 0) is 6.42 Å². The lowest BCUT2D eigenvalue weighted by Gasteiger charge is -2.12. The summed E-state index contributed by atoms with van der Waals surface area (Å²) in [6.45, 7) is 3.11. The molecule has 0 atom stereocenters. The van der Waals surface area contributed by atoms with Crippen molar-refractivity contribution in [3.8, 4) is 5.75 Å². The number of carbonyl (C=O) groups excluding carboxylic acids is 1. The molecule has 0 aliphatic rings. The summed E-state index contributed by atoms with van der Waals surface area (Å²) in [5.74, 6) is 0.371. The first-order valence-corrected chi connectivity index (χ1v) is 8.03. The Morgan fingerprint density at radius 3 is 2.65 bits per heavy atom. The zero-order chi connectivity index (χ0) is 16.7. The maximum absolute atomic E-state index is 12.4. The molecule has 0 heterocycles. The molecular formula is C18H21ClN2O2. The van der Waals surface area contributed by atoms with Crippen LogP contribution in [0.2, 0.25) is 5.02 Å². The molecular weight excluding hydrogens is 312 g/mol. The van der Waals surface area contributed by atoms with E-state index in [0.29, 0.717) is 29.5 Å². The van der Waals surface area contributed by atoms with E-state index in [2.05, 4.69) is 5.32 Å². The average molecular weight is 333 g/mol. The first kappa shape index (κ1) is 17.2. The second-order valence-corrected chi connectivity index (χ2v) is 5.67. The van der Waals surface area contributed by atoms with Crippen molar-refractivity contribution in [2.45, 2.75) is 19.8 Å². The Kier molecular flexibility index (Phi) is 6.29. The fourth-order valence-electron chi connectivity index (χ4n) is 2.12. The molecule has 122 valence electrons. The summed E-state index contributed by atoms with van der Waals surface area (Å²) in [5.41, 5.74) is 7.97. The molecule has 0 bridgehead atoms. The highest BCUT2D eigenvalue weighted by atomic mass is 35.5. The van der Waals surface area contributed by atoms with Crippen LogP contribution in [0.1, 0.15) is 29.3 Å². The number of ether oxygens (including phenoxy) is 1. The number of carbonyl (C=O) groups is 1. The van der Waals surface area contributed by atoms with Gasteiger partial charge >= 0.3 is 0 Å². The number of rotatable bonds is 7. The Morgan fingerprint density at radius 1 is 1.22 bits per heavy atom. The van der Waals surface area contributed by atoms with E-state index in [1.54, 1.807) is 18.2 Å². The van der Waals surface area contributed by atoms with Crippen molar-refractivity contribution in [1.29, 1.82) is 0 Å². The first-order chi connectivity index (χ1) is 11.1. The number of hydrogen-bond acceptors (Lipinski definition) is 3. The quantitative estimate of drug-likeness (QED) is 0.760. The van der Waals surface area contributed by atoms with Crippen LogP contribution < -0.4 is 15.8 Å². The summed E-state index contributed by atoms with van der Waals surface area (Å²) in [5, 5.41) is 3.41. The molecule has 2 rings (SSSR count). The van der Waals surface area contributed by atoms with E-state index in [4.69, 9.17) is 22.1 Å².